The van der Waals surface area contributed by atoms with Crippen LogP contribution >= 0.6 is 11.6 Å². The zero-order chi connectivity index (χ0) is 31.4. The Bertz CT molecular complexity index is 1800. The normalized spacial score (nSPS) is 11.5. The van der Waals surface area contributed by atoms with Crippen molar-refractivity contribution in [3.63, 3.8) is 0 Å². The number of aromatic nitrogens is 2. The predicted octanol–water partition coefficient (Wildman–Crippen LogP) is 10.5. The van der Waals surface area contributed by atoms with Crippen molar-refractivity contribution >= 4 is 11.6 Å². The highest BCUT2D eigenvalue weighted by Crippen LogP contribution is 2.37. The molecule has 0 aliphatic rings. The Morgan fingerprint density at radius 3 is 1.89 bits per heavy atom. The predicted molar refractivity (Wildman–Crippen MR) is 157 cm³/mol. The third kappa shape index (κ3) is 6.89. The van der Waals surface area contributed by atoms with Gasteiger partial charge >= 0.3 is 6.11 Å². The molecule has 0 amide bonds. The molecule has 44 heavy (non-hydrogen) atoms. The highest BCUT2D eigenvalue weighted by Gasteiger charge is 2.38. The van der Waals surface area contributed by atoms with Crippen LogP contribution < -0.4 is 4.74 Å². The average Bonchev–Trinajstić information content (AvgIpc) is 2.99. The van der Waals surface area contributed by atoms with Gasteiger partial charge in [-0.15, -0.1) is 0 Å². The van der Waals surface area contributed by atoms with Crippen LogP contribution in [0.15, 0.2) is 85.2 Å². The van der Waals surface area contributed by atoms with E-state index in [9.17, 15) is 22.0 Å². The smallest absolute Gasteiger partial charge is 0.429 e. The summed E-state index contributed by atoms with van der Waals surface area (Å²) in [6, 6.07) is 13.3. The van der Waals surface area contributed by atoms with Crippen molar-refractivity contribution in [3.05, 3.63) is 125 Å². The Morgan fingerprint density at radius 1 is 0.682 bits per heavy atom. The topological polar surface area (TPSA) is 35.0 Å². The van der Waals surface area contributed by atoms with Gasteiger partial charge in [0.25, 0.3) is 0 Å². The fourth-order valence-corrected chi connectivity index (χ4v) is 4.80. The lowest BCUT2D eigenvalue weighted by molar-refractivity contribution is -0.187. The van der Waals surface area contributed by atoms with E-state index < -0.39 is 40.7 Å². The summed E-state index contributed by atoms with van der Waals surface area (Å²) in [5, 5.41) is -0.158. The van der Waals surface area contributed by atoms with Gasteiger partial charge in [-0.25, -0.2) is 27.5 Å². The number of benzene rings is 4. The molecule has 1 aromatic heterocycles. The maximum atomic E-state index is 15.1. The second-order valence-corrected chi connectivity index (χ2v) is 10.6. The van der Waals surface area contributed by atoms with Crippen LogP contribution in [0.5, 0.6) is 5.75 Å². The van der Waals surface area contributed by atoms with E-state index in [0.717, 1.165) is 67.6 Å². The molecule has 3 nitrogen and oxygen atoms in total. The van der Waals surface area contributed by atoms with Crippen LogP contribution in [-0.4, -0.2) is 9.97 Å². The minimum absolute atomic E-state index is 0.0175. The maximum absolute atomic E-state index is 15.1. The van der Waals surface area contributed by atoms with E-state index in [4.69, 9.17) is 11.6 Å². The molecule has 4 aromatic carbocycles. The first-order chi connectivity index (χ1) is 21.1. The zero-order valence-electron chi connectivity index (χ0n) is 23.4. The fourth-order valence-electron chi connectivity index (χ4n) is 4.68. The lowest BCUT2D eigenvalue weighted by Gasteiger charge is -2.20. The van der Waals surface area contributed by atoms with Crippen LogP contribution in [-0.2, 0) is 12.5 Å². The lowest BCUT2D eigenvalue weighted by Crippen LogP contribution is -2.23. The van der Waals surface area contributed by atoms with E-state index in [1.54, 1.807) is 18.5 Å². The Kier molecular flexibility index (Phi) is 9.25. The second-order valence-electron chi connectivity index (χ2n) is 10.2. The molecule has 5 aromatic rings. The number of hydrogen-bond acceptors (Lipinski definition) is 3. The van der Waals surface area contributed by atoms with Crippen LogP contribution in [0, 0.1) is 23.3 Å². The molecular weight excluding hydrogens is 602 g/mol. The first-order valence-corrected chi connectivity index (χ1v) is 14.2. The monoisotopic (exact) mass is 626 g/mol. The number of aryl methyl sites for hydroxylation is 1. The van der Waals surface area contributed by atoms with Crippen LogP contribution in [0.3, 0.4) is 0 Å². The summed E-state index contributed by atoms with van der Waals surface area (Å²) >= 11 is 5.65. The standard InChI is InChI=1S/C34H25ClF6N2O/c1-2-3-4-5-20-18-42-33(43-19-20)23-6-10-25(29(36)16-23)21-7-12-27(31(38)14-21)34(40,41)44-24-9-11-26(30(37)17-24)22-8-13-28(35)32(39)15-22/h6-19H,2-5H2,1H3. The van der Waals surface area contributed by atoms with Gasteiger partial charge in [0.2, 0.25) is 0 Å². The van der Waals surface area contributed by atoms with E-state index in [1.807, 2.05) is 0 Å². The zero-order valence-corrected chi connectivity index (χ0v) is 24.1. The van der Waals surface area contributed by atoms with Crippen molar-refractivity contribution in [2.24, 2.45) is 0 Å². The summed E-state index contributed by atoms with van der Waals surface area (Å²) < 4.78 is 93.2. The molecule has 0 aliphatic carbocycles. The van der Waals surface area contributed by atoms with E-state index in [-0.39, 0.29) is 27.3 Å². The highest BCUT2D eigenvalue weighted by atomic mass is 35.5. The minimum Gasteiger partial charge on any atom is -0.429 e. The SMILES string of the molecule is CCCCCc1cnc(-c2ccc(-c3ccc(C(F)(F)Oc4ccc(-c5ccc(Cl)c(F)c5)c(F)c4)c(F)c3)c(F)c2)nc1. The number of nitrogens with zero attached hydrogens (tertiary/aromatic N) is 2. The molecule has 0 unspecified atom stereocenters. The van der Waals surface area contributed by atoms with Gasteiger partial charge in [-0.2, -0.15) is 8.78 Å². The van der Waals surface area contributed by atoms with Crippen LogP contribution in [0.2, 0.25) is 5.02 Å². The largest absolute Gasteiger partial charge is 0.429 e. The number of unbranched alkanes of at least 4 members (excludes halogenated alkanes) is 2. The van der Waals surface area contributed by atoms with Crippen molar-refractivity contribution in [2.45, 2.75) is 38.7 Å². The van der Waals surface area contributed by atoms with Crippen molar-refractivity contribution in [3.8, 4) is 39.4 Å². The summed E-state index contributed by atoms with van der Waals surface area (Å²) in [5.74, 6) is -4.09. The van der Waals surface area contributed by atoms with Gasteiger partial charge in [-0.3, -0.25) is 0 Å². The Labute approximate surface area is 255 Å². The van der Waals surface area contributed by atoms with E-state index in [0.29, 0.717) is 17.5 Å². The molecule has 0 atom stereocenters. The Morgan fingerprint density at radius 2 is 1.27 bits per heavy atom. The number of alkyl halides is 2. The summed E-state index contributed by atoms with van der Waals surface area (Å²) in [4.78, 5) is 8.62. The van der Waals surface area contributed by atoms with Crippen molar-refractivity contribution in [2.75, 3.05) is 0 Å². The summed E-state index contributed by atoms with van der Waals surface area (Å²) in [6.45, 7) is 2.12. The molecule has 0 saturated heterocycles. The Hall–Kier alpha value is -4.37. The van der Waals surface area contributed by atoms with Gasteiger partial charge in [-0.05, 0) is 72.0 Å². The molecule has 5 rings (SSSR count). The molecule has 1 heterocycles. The molecule has 0 radical (unpaired) electrons. The number of ether oxygens (including phenoxy) is 1. The molecule has 0 bridgehead atoms. The van der Waals surface area contributed by atoms with Gasteiger partial charge in [0.05, 0.1) is 10.6 Å². The molecule has 0 aliphatic heterocycles. The van der Waals surface area contributed by atoms with Gasteiger partial charge in [-0.1, -0.05) is 55.6 Å². The van der Waals surface area contributed by atoms with Crippen molar-refractivity contribution < 1.29 is 31.1 Å². The lowest BCUT2D eigenvalue weighted by atomic mass is 10.0. The van der Waals surface area contributed by atoms with E-state index in [2.05, 4.69) is 21.6 Å². The van der Waals surface area contributed by atoms with Crippen LogP contribution in [0.4, 0.5) is 26.3 Å². The molecule has 0 saturated carbocycles. The minimum atomic E-state index is -4.20. The average molecular weight is 627 g/mol. The van der Waals surface area contributed by atoms with Gasteiger partial charge < -0.3 is 4.74 Å². The van der Waals surface area contributed by atoms with Crippen LogP contribution in [0.1, 0.15) is 37.3 Å². The first kappa shape index (κ1) is 31.1. The third-order valence-corrected chi connectivity index (χ3v) is 7.32. The molecular formula is C34H25ClF6N2O. The summed E-state index contributed by atoms with van der Waals surface area (Å²) in [5.41, 5.74) is 0.309. The highest BCUT2D eigenvalue weighted by molar-refractivity contribution is 6.30. The molecule has 0 fully saturated rings. The molecule has 10 heteroatoms. The fraction of sp³-hybridized carbons (Fsp3) is 0.176. The number of hydrogen-bond donors (Lipinski definition) is 0. The molecule has 0 N–H and O–H groups in total. The van der Waals surface area contributed by atoms with Crippen LogP contribution in [0.25, 0.3) is 33.6 Å². The summed E-state index contributed by atoms with van der Waals surface area (Å²) in [7, 11) is 0. The number of rotatable bonds is 10. The molecule has 226 valence electrons. The Balaban J connectivity index is 1.32. The van der Waals surface area contributed by atoms with Gasteiger partial charge in [0, 0.05) is 35.2 Å². The van der Waals surface area contributed by atoms with Crippen molar-refractivity contribution in [1.29, 1.82) is 0 Å². The first-order valence-electron chi connectivity index (χ1n) is 13.8. The van der Waals surface area contributed by atoms with E-state index in [1.165, 1.54) is 24.3 Å². The maximum Gasteiger partial charge on any atom is 0.429 e. The van der Waals surface area contributed by atoms with Gasteiger partial charge in [0.1, 0.15) is 29.0 Å². The quantitative estimate of drug-likeness (QED) is 0.114. The summed E-state index contributed by atoms with van der Waals surface area (Å²) in [6.07, 6.45) is 3.27. The van der Waals surface area contributed by atoms with Crippen molar-refractivity contribution in [1.82, 2.24) is 9.97 Å². The van der Waals surface area contributed by atoms with E-state index >= 15 is 4.39 Å². The number of halogens is 7. The third-order valence-electron chi connectivity index (χ3n) is 7.01. The molecule has 0 spiro atoms. The second kappa shape index (κ2) is 13.1. The van der Waals surface area contributed by atoms with Gasteiger partial charge in [0.15, 0.2) is 5.82 Å².